The Morgan fingerprint density at radius 2 is 2.03 bits per heavy atom. The molecule has 7 nitrogen and oxygen atoms in total. The number of piperidine rings is 1. The SMILES string of the molecule is CCC/C(N)=C1/C(=Nc2ccc(C3CCC3)cc2O)CCN(C(=O)c2ccc(Br)c(N)c2C=N)C1CC. The van der Waals surface area contributed by atoms with Crippen LogP contribution in [0.15, 0.2) is 51.1 Å². The lowest BCUT2D eigenvalue weighted by atomic mass is 9.80. The van der Waals surface area contributed by atoms with E-state index in [0.29, 0.717) is 58.7 Å². The van der Waals surface area contributed by atoms with Crippen LogP contribution in [0.1, 0.15) is 86.2 Å². The van der Waals surface area contributed by atoms with Gasteiger partial charge < -0.3 is 26.9 Å². The standard InChI is InChI=1S/C29H36BrN5O2/c1-3-6-22(32)27-24(34-23-12-9-18(15-26(23)36)17-7-5-8-17)13-14-35(25(27)4-2)29(37)19-10-11-21(30)28(33)20(19)16-31/h9-12,15-17,25,31,36H,3-8,13-14,32-33H2,1-2H3/b27-22+,31-16?,34-24?. The lowest BCUT2D eigenvalue weighted by molar-refractivity contribution is 0.0699. The van der Waals surface area contributed by atoms with E-state index in [0.717, 1.165) is 35.2 Å². The molecule has 1 aliphatic carbocycles. The Bertz CT molecular complexity index is 1270. The molecule has 1 unspecified atom stereocenters. The van der Waals surface area contributed by atoms with Crippen LogP contribution in [-0.4, -0.2) is 40.4 Å². The Morgan fingerprint density at radius 1 is 1.27 bits per heavy atom. The molecule has 0 aromatic heterocycles. The second-order valence-corrected chi connectivity index (χ2v) is 10.7. The zero-order valence-corrected chi connectivity index (χ0v) is 23.1. The number of benzene rings is 2. The highest BCUT2D eigenvalue weighted by Gasteiger charge is 2.35. The maximum absolute atomic E-state index is 13.8. The number of likely N-dealkylation sites (tertiary alicyclic amines) is 1. The normalized spacial score (nSPS) is 20.6. The summed E-state index contributed by atoms with van der Waals surface area (Å²) in [5.41, 5.74) is 18.1. The number of aromatic hydroxyl groups is 1. The third-order valence-electron chi connectivity index (χ3n) is 7.56. The first-order valence-electron chi connectivity index (χ1n) is 13.1. The highest BCUT2D eigenvalue weighted by atomic mass is 79.9. The number of aliphatic imine (C=N–C) groups is 1. The first-order chi connectivity index (χ1) is 17.8. The molecule has 0 spiro atoms. The van der Waals surface area contributed by atoms with E-state index in [2.05, 4.69) is 28.9 Å². The minimum Gasteiger partial charge on any atom is -0.506 e. The maximum atomic E-state index is 13.8. The Labute approximate surface area is 227 Å². The molecule has 0 radical (unpaired) electrons. The smallest absolute Gasteiger partial charge is 0.255 e. The molecule has 0 bridgehead atoms. The molecule has 1 saturated heterocycles. The fourth-order valence-corrected chi connectivity index (χ4v) is 5.68. The number of nitrogens with two attached hydrogens (primary N) is 2. The number of halogens is 1. The monoisotopic (exact) mass is 565 g/mol. The molecule has 2 fully saturated rings. The molecular formula is C29H36BrN5O2. The minimum absolute atomic E-state index is 0.179. The van der Waals surface area contributed by atoms with Crippen LogP contribution in [0.2, 0.25) is 0 Å². The van der Waals surface area contributed by atoms with E-state index >= 15 is 0 Å². The van der Waals surface area contributed by atoms with Gasteiger partial charge in [-0.1, -0.05) is 32.8 Å². The van der Waals surface area contributed by atoms with Crippen LogP contribution < -0.4 is 11.5 Å². The molecule has 37 heavy (non-hydrogen) atoms. The molecule has 1 atom stereocenters. The molecular weight excluding hydrogens is 530 g/mol. The number of anilines is 1. The maximum Gasteiger partial charge on any atom is 0.255 e. The lowest BCUT2D eigenvalue weighted by Gasteiger charge is -2.39. The van der Waals surface area contributed by atoms with Gasteiger partial charge in [0.2, 0.25) is 0 Å². The van der Waals surface area contributed by atoms with E-state index in [1.165, 1.54) is 19.3 Å². The van der Waals surface area contributed by atoms with Crippen molar-refractivity contribution in [3.05, 3.63) is 62.8 Å². The molecule has 1 saturated carbocycles. The topological polar surface area (TPSA) is 129 Å². The van der Waals surface area contributed by atoms with Crippen LogP contribution in [0.3, 0.4) is 0 Å². The van der Waals surface area contributed by atoms with Gasteiger partial charge in [0.25, 0.3) is 5.91 Å². The third kappa shape index (κ3) is 5.30. The van der Waals surface area contributed by atoms with Gasteiger partial charge in [-0.2, -0.15) is 0 Å². The first-order valence-corrected chi connectivity index (χ1v) is 13.9. The lowest BCUT2D eigenvalue weighted by Crippen LogP contribution is -2.49. The molecule has 196 valence electrons. The number of rotatable bonds is 7. The van der Waals surface area contributed by atoms with E-state index in [4.69, 9.17) is 21.9 Å². The number of nitrogens with one attached hydrogen (secondary N) is 1. The van der Waals surface area contributed by atoms with Crippen molar-refractivity contribution in [1.29, 1.82) is 5.41 Å². The van der Waals surface area contributed by atoms with Gasteiger partial charge in [0.1, 0.15) is 11.4 Å². The van der Waals surface area contributed by atoms with Gasteiger partial charge in [-0.25, -0.2) is 4.99 Å². The highest BCUT2D eigenvalue weighted by molar-refractivity contribution is 9.10. The van der Waals surface area contributed by atoms with Gasteiger partial charge in [-0.05, 0) is 77.4 Å². The number of carbonyl (C=O) groups is 1. The summed E-state index contributed by atoms with van der Waals surface area (Å²) < 4.78 is 0.651. The van der Waals surface area contributed by atoms with Crippen molar-refractivity contribution in [2.45, 2.75) is 70.8 Å². The second-order valence-electron chi connectivity index (χ2n) is 9.86. The number of hydrogen-bond acceptors (Lipinski definition) is 6. The van der Waals surface area contributed by atoms with Crippen molar-refractivity contribution in [2.75, 3.05) is 12.3 Å². The van der Waals surface area contributed by atoms with Gasteiger partial charge in [-0.15, -0.1) is 0 Å². The number of hydrogen-bond donors (Lipinski definition) is 4. The molecule has 1 heterocycles. The molecule has 1 aliphatic heterocycles. The Hall–Kier alpha value is -3.13. The number of amides is 1. The fourth-order valence-electron chi connectivity index (χ4n) is 5.33. The number of phenols is 1. The van der Waals surface area contributed by atoms with Crippen molar-refractivity contribution in [3.8, 4) is 5.75 Å². The number of nitrogens with zero attached hydrogens (tertiary/aromatic N) is 2. The van der Waals surface area contributed by atoms with Gasteiger partial charge >= 0.3 is 0 Å². The average molecular weight is 567 g/mol. The summed E-state index contributed by atoms with van der Waals surface area (Å²) in [5.74, 6) is 0.524. The average Bonchev–Trinajstić information content (AvgIpc) is 2.85. The summed E-state index contributed by atoms with van der Waals surface area (Å²) in [6, 6.07) is 8.98. The van der Waals surface area contributed by atoms with Crippen molar-refractivity contribution in [2.24, 2.45) is 10.7 Å². The number of carbonyl (C=O) groups excluding carboxylic acids is 1. The summed E-state index contributed by atoms with van der Waals surface area (Å²) in [4.78, 5) is 20.5. The largest absolute Gasteiger partial charge is 0.506 e. The van der Waals surface area contributed by atoms with Crippen LogP contribution in [0.4, 0.5) is 11.4 Å². The van der Waals surface area contributed by atoms with E-state index in [-0.39, 0.29) is 17.7 Å². The summed E-state index contributed by atoms with van der Waals surface area (Å²) in [7, 11) is 0. The van der Waals surface area contributed by atoms with Crippen molar-refractivity contribution < 1.29 is 9.90 Å². The van der Waals surface area contributed by atoms with Crippen LogP contribution in [0.5, 0.6) is 5.75 Å². The Balaban J connectivity index is 1.72. The predicted molar refractivity (Wildman–Crippen MR) is 154 cm³/mol. The molecule has 2 aromatic rings. The fraction of sp³-hybridized carbons (Fsp3) is 0.414. The van der Waals surface area contributed by atoms with Crippen LogP contribution >= 0.6 is 15.9 Å². The molecule has 2 aliphatic rings. The highest BCUT2D eigenvalue weighted by Crippen LogP contribution is 2.40. The van der Waals surface area contributed by atoms with Gasteiger partial charge in [0, 0.05) is 46.2 Å². The third-order valence-corrected chi connectivity index (χ3v) is 8.25. The predicted octanol–water partition coefficient (Wildman–Crippen LogP) is 6.41. The summed E-state index contributed by atoms with van der Waals surface area (Å²) in [6.07, 6.45) is 7.43. The molecule has 2 aromatic carbocycles. The molecule has 8 heteroatoms. The number of phenolic OH excluding ortho intramolecular Hbond substituents is 1. The van der Waals surface area contributed by atoms with Gasteiger partial charge in [0.15, 0.2) is 0 Å². The Kier molecular flexibility index (Phi) is 8.37. The molecule has 4 rings (SSSR count). The second kappa shape index (κ2) is 11.5. The molecule has 1 amide bonds. The molecule has 6 N–H and O–H groups in total. The first kappa shape index (κ1) is 26.9. The van der Waals surface area contributed by atoms with Crippen molar-refractivity contribution >= 4 is 45.1 Å². The van der Waals surface area contributed by atoms with Crippen LogP contribution in [-0.2, 0) is 0 Å². The zero-order valence-electron chi connectivity index (χ0n) is 21.6. The summed E-state index contributed by atoms with van der Waals surface area (Å²) in [5, 5.41) is 18.6. The van der Waals surface area contributed by atoms with E-state index in [9.17, 15) is 9.90 Å². The summed E-state index contributed by atoms with van der Waals surface area (Å²) >= 11 is 3.39. The van der Waals surface area contributed by atoms with Gasteiger partial charge in [-0.3, -0.25) is 4.79 Å². The summed E-state index contributed by atoms with van der Waals surface area (Å²) in [6.45, 7) is 4.56. The van der Waals surface area contributed by atoms with Crippen LogP contribution in [0, 0.1) is 5.41 Å². The number of nitrogen functional groups attached to an aromatic ring is 1. The van der Waals surface area contributed by atoms with E-state index in [1.807, 2.05) is 24.0 Å². The minimum atomic E-state index is -0.272. The number of allylic oxidation sites excluding steroid dienone is 1. The van der Waals surface area contributed by atoms with Crippen molar-refractivity contribution in [3.63, 3.8) is 0 Å². The van der Waals surface area contributed by atoms with Gasteiger partial charge in [0.05, 0.1) is 17.3 Å². The van der Waals surface area contributed by atoms with Crippen molar-refractivity contribution in [1.82, 2.24) is 4.90 Å². The van der Waals surface area contributed by atoms with E-state index < -0.39 is 0 Å². The Morgan fingerprint density at radius 3 is 2.62 bits per heavy atom. The van der Waals surface area contributed by atoms with Crippen LogP contribution in [0.25, 0.3) is 0 Å². The van der Waals surface area contributed by atoms with E-state index in [1.54, 1.807) is 12.1 Å². The zero-order chi connectivity index (χ0) is 26.7. The quantitative estimate of drug-likeness (QED) is 0.228.